The summed E-state index contributed by atoms with van der Waals surface area (Å²) in [5.41, 5.74) is 0.841. The molecule has 1 N–H and O–H groups in total. The van der Waals surface area contributed by atoms with Crippen molar-refractivity contribution < 1.29 is 13.2 Å². The Kier molecular flexibility index (Phi) is 7.32. The van der Waals surface area contributed by atoms with Crippen LogP contribution in [0.4, 0.5) is 0 Å². The van der Waals surface area contributed by atoms with Crippen LogP contribution < -0.4 is 10.1 Å². The van der Waals surface area contributed by atoms with Gasteiger partial charge in [-0.05, 0) is 70.5 Å². The summed E-state index contributed by atoms with van der Waals surface area (Å²) < 4.78 is 32.8. The van der Waals surface area contributed by atoms with Crippen molar-refractivity contribution in [2.45, 2.75) is 50.7 Å². The topological polar surface area (TPSA) is 58.6 Å². The first-order chi connectivity index (χ1) is 10.3. The van der Waals surface area contributed by atoms with Crippen LogP contribution in [0.2, 0.25) is 0 Å². The van der Waals surface area contributed by atoms with E-state index in [1.165, 1.54) is 4.31 Å². The number of piperidine rings is 1. The van der Waals surface area contributed by atoms with Crippen molar-refractivity contribution in [2.24, 2.45) is 0 Å². The fraction of sp³-hybridized carbons (Fsp3) is 0.625. The highest BCUT2D eigenvalue weighted by molar-refractivity contribution is 7.89. The summed E-state index contributed by atoms with van der Waals surface area (Å²) in [7, 11) is -1.78. The molecule has 0 radical (unpaired) electrons. The monoisotopic (exact) mass is 362 g/mol. The van der Waals surface area contributed by atoms with E-state index >= 15 is 0 Å². The van der Waals surface area contributed by atoms with E-state index in [1.54, 1.807) is 25.2 Å². The third-order valence-electron chi connectivity index (χ3n) is 4.01. The molecule has 0 aliphatic carbocycles. The zero-order chi connectivity index (χ0) is 16.3. The molecule has 1 aromatic carbocycles. The predicted octanol–water partition coefficient (Wildman–Crippen LogP) is 2.58. The van der Waals surface area contributed by atoms with E-state index in [0.29, 0.717) is 4.90 Å². The van der Waals surface area contributed by atoms with Gasteiger partial charge in [0, 0.05) is 13.1 Å². The molecule has 0 amide bonds. The standard InChI is InChI=1S/C16H26N2O3S.ClH/c1-12(2)21-16-6-5-15(11-13(16)3)22(19,20)18(4)14-7-9-17-10-8-14;/h5-6,11-12,14,17H,7-10H2,1-4H3;1H. The molecule has 5 nitrogen and oxygen atoms in total. The number of aryl methyl sites for hydroxylation is 1. The first kappa shape index (κ1) is 20.2. The van der Waals surface area contributed by atoms with Crippen LogP contribution in [0.5, 0.6) is 5.75 Å². The van der Waals surface area contributed by atoms with Crippen LogP contribution in [0.1, 0.15) is 32.3 Å². The number of halogens is 1. The molecule has 1 aromatic rings. The Hall–Kier alpha value is -0.820. The van der Waals surface area contributed by atoms with E-state index in [-0.39, 0.29) is 24.6 Å². The summed E-state index contributed by atoms with van der Waals surface area (Å²) in [6.07, 6.45) is 1.77. The van der Waals surface area contributed by atoms with E-state index in [4.69, 9.17) is 4.74 Å². The fourth-order valence-electron chi connectivity index (χ4n) is 2.70. The van der Waals surface area contributed by atoms with E-state index in [9.17, 15) is 8.42 Å². The first-order valence-corrected chi connectivity index (χ1v) is 9.22. The van der Waals surface area contributed by atoms with Gasteiger partial charge in [0.25, 0.3) is 0 Å². The molecule has 0 atom stereocenters. The van der Waals surface area contributed by atoms with E-state index in [2.05, 4.69) is 5.32 Å². The number of ether oxygens (including phenoxy) is 1. The fourth-order valence-corrected chi connectivity index (χ4v) is 4.20. The average Bonchev–Trinajstić information content (AvgIpc) is 2.49. The quantitative estimate of drug-likeness (QED) is 0.874. The molecule has 0 unspecified atom stereocenters. The van der Waals surface area contributed by atoms with E-state index < -0.39 is 10.0 Å². The van der Waals surface area contributed by atoms with Gasteiger partial charge in [0.2, 0.25) is 10.0 Å². The summed E-state index contributed by atoms with van der Waals surface area (Å²) in [4.78, 5) is 0.335. The predicted molar refractivity (Wildman–Crippen MR) is 95.0 cm³/mol. The third-order valence-corrected chi connectivity index (χ3v) is 5.92. The molecule has 1 fully saturated rings. The van der Waals surface area contributed by atoms with E-state index in [0.717, 1.165) is 37.2 Å². The molecular formula is C16H27ClN2O3S. The summed E-state index contributed by atoms with van der Waals surface area (Å²) in [6.45, 7) is 7.51. The minimum absolute atomic E-state index is 0. The van der Waals surface area contributed by atoms with Crippen molar-refractivity contribution in [3.63, 3.8) is 0 Å². The number of sulfonamides is 1. The number of nitrogens with one attached hydrogen (secondary N) is 1. The summed E-state index contributed by atoms with van der Waals surface area (Å²) in [5.74, 6) is 0.735. The molecule has 1 aliphatic rings. The molecular weight excluding hydrogens is 336 g/mol. The van der Waals surface area contributed by atoms with Gasteiger partial charge in [-0.3, -0.25) is 0 Å². The van der Waals surface area contributed by atoms with Crippen molar-refractivity contribution >= 4 is 22.4 Å². The Bertz CT molecular complexity index is 614. The molecule has 0 aromatic heterocycles. The molecule has 1 aliphatic heterocycles. The van der Waals surface area contributed by atoms with Crippen molar-refractivity contribution in [3.8, 4) is 5.75 Å². The average molecular weight is 363 g/mol. The number of rotatable bonds is 5. The lowest BCUT2D eigenvalue weighted by Gasteiger charge is -2.31. The summed E-state index contributed by atoms with van der Waals surface area (Å²) >= 11 is 0. The van der Waals surface area contributed by atoms with Gasteiger partial charge in [-0.1, -0.05) is 0 Å². The molecule has 132 valence electrons. The van der Waals surface area contributed by atoms with Crippen LogP contribution in [0, 0.1) is 6.92 Å². The normalized spacial score (nSPS) is 16.4. The smallest absolute Gasteiger partial charge is 0.243 e. The minimum Gasteiger partial charge on any atom is -0.491 e. The van der Waals surface area contributed by atoms with Crippen molar-refractivity contribution in [1.82, 2.24) is 9.62 Å². The van der Waals surface area contributed by atoms with Crippen LogP contribution in [0.3, 0.4) is 0 Å². The Labute approximate surface area is 145 Å². The highest BCUT2D eigenvalue weighted by Gasteiger charge is 2.29. The molecule has 7 heteroatoms. The molecule has 0 saturated carbocycles. The maximum absolute atomic E-state index is 12.8. The molecule has 23 heavy (non-hydrogen) atoms. The van der Waals surface area contributed by atoms with Gasteiger partial charge in [0.05, 0.1) is 11.0 Å². The third kappa shape index (κ3) is 4.83. The van der Waals surface area contributed by atoms with Gasteiger partial charge < -0.3 is 10.1 Å². The number of nitrogens with zero attached hydrogens (tertiary/aromatic N) is 1. The lowest BCUT2D eigenvalue weighted by atomic mass is 10.1. The molecule has 0 spiro atoms. The Morgan fingerprint density at radius 3 is 2.39 bits per heavy atom. The molecule has 1 saturated heterocycles. The van der Waals surface area contributed by atoms with Gasteiger partial charge in [0.15, 0.2) is 0 Å². The second-order valence-corrected chi connectivity index (χ2v) is 8.09. The van der Waals surface area contributed by atoms with Gasteiger partial charge in [-0.25, -0.2) is 8.42 Å². The molecule has 1 heterocycles. The summed E-state index contributed by atoms with van der Waals surface area (Å²) in [6, 6.07) is 5.15. The van der Waals surface area contributed by atoms with Crippen LogP contribution in [0.15, 0.2) is 23.1 Å². The van der Waals surface area contributed by atoms with Gasteiger partial charge in [0.1, 0.15) is 5.75 Å². The number of benzene rings is 1. The second kappa shape index (κ2) is 8.33. The number of hydrogen-bond donors (Lipinski definition) is 1. The van der Waals surface area contributed by atoms with Crippen LogP contribution in [0.25, 0.3) is 0 Å². The Morgan fingerprint density at radius 2 is 1.87 bits per heavy atom. The van der Waals surface area contributed by atoms with Crippen LogP contribution in [-0.4, -0.2) is 45.0 Å². The summed E-state index contributed by atoms with van der Waals surface area (Å²) in [5, 5.41) is 3.26. The zero-order valence-electron chi connectivity index (χ0n) is 14.2. The van der Waals surface area contributed by atoms with E-state index in [1.807, 2.05) is 20.8 Å². The Balaban J connectivity index is 0.00000264. The minimum atomic E-state index is -3.46. The lowest BCUT2D eigenvalue weighted by Crippen LogP contribution is -2.43. The van der Waals surface area contributed by atoms with Gasteiger partial charge in [-0.15, -0.1) is 12.4 Å². The van der Waals surface area contributed by atoms with Gasteiger partial charge in [-0.2, -0.15) is 4.31 Å². The van der Waals surface area contributed by atoms with Crippen molar-refractivity contribution in [2.75, 3.05) is 20.1 Å². The molecule has 2 rings (SSSR count). The Morgan fingerprint density at radius 1 is 1.26 bits per heavy atom. The molecule has 0 bridgehead atoms. The largest absolute Gasteiger partial charge is 0.491 e. The van der Waals surface area contributed by atoms with Crippen LogP contribution >= 0.6 is 12.4 Å². The highest BCUT2D eigenvalue weighted by Crippen LogP contribution is 2.26. The maximum Gasteiger partial charge on any atom is 0.243 e. The maximum atomic E-state index is 12.8. The van der Waals surface area contributed by atoms with Crippen LogP contribution in [-0.2, 0) is 10.0 Å². The second-order valence-electron chi connectivity index (χ2n) is 6.10. The van der Waals surface area contributed by atoms with Gasteiger partial charge >= 0.3 is 0 Å². The zero-order valence-corrected chi connectivity index (χ0v) is 15.8. The first-order valence-electron chi connectivity index (χ1n) is 7.78. The SMILES string of the molecule is Cc1cc(S(=O)(=O)N(C)C2CCNCC2)ccc1OC(C)C.Cl. The van der Waals surface area contributed by atoms with Crippen molar-refractivity contribution in [3.05, 3.63) is 23.8 Å². The lowest BCUT2D eigenvalue weighted by molar-refractivity contribution is 0.240. The number of hydrogen-bond acceptors (Lipinski definition) is 4. The van der Waals surface area contributed by atoms with Crippen molar-refractivity contribution in [1.29, 1.82) is 0 Å². The highest BCUT2D eigenvalue weighted by atomic mass is 35.5.